The van der Waals surface area contributed by atoms with E-state index in [1.165, 1.54) is 5.56 Å². The summed E-state index contributed by atoms with van der Waals surface area (Å²) in [6.07, 6.45) is 2.09. The van der Waals surface area contributed by atoms with Gasteiger partial charge in [-0.3, -0.25) is 0 Å². The molecule has 0 bridgehead atoms. The molecule has 0 aliphatic rings. The predicted molar refractivity (Wildman–Crippen MR) is 84.8 cm³/mol. The van der Waals surface area contributed by atoms with Gasteiger partial charge >= 0.3 is 0 Å². The molecule has 2 aromatic rings. The third-order valence-corrected chi connectivity index (χ3v) is 4.07. The van der Waals surface area contributed by atoms with E-state index in [0.29, 0.717) is 0 Å². The third-order valence-electron chi connectivity index (χ3n) is 2.92. The summed E-state index contributed by atoms with van der Waals surface area (Å²) >= 11 is 5.23. The van der Waals surface area contributed by atoms with Crippen LogP contribution in [0.25, 0.3) is 0 Å². The van der Waals surface area contributed by atoms with Gasteiger partial charge in [0, 0.05) is 10.2 Å². The zero-order chi connectivity index (χ0) is 13.7. The Hall–Kier alpha value is -1.13. The van der Waals surface area contributed by atoms with E-state index in [1.54, 1.807) is 0 Å². The highest BCUT2D eigenvalue weighted by molar-refractivity contribution is 9.10. The molecule has 98 valence electrons. The second-order valence-corrected chi connectivity index (χ2v) is 6.04. The van der Waals surface area contributed by atoms with E-state index in [1.807, 2.05) is 36.0 Å². The summed E-state index contributed by atoms with van der Waals surface area (Å²) in [5, 5.41) is 3.76. The molecule has 2 nitrogen and oxygen atoms in total. The second kappa shape index (κ2) is 6.87. The maximum atomic E-state index is 7.43. The van der Waals surface area contributed by atoms with Gasteiger partial charge in [-0.2, -0.15) is 16.9 Å². The number of halogens is 1. The predicted octanol–water partition coefficient (Wildman–Crippen LogP) is 5.43. The molecule has 0 aromatic heterocycles. The molecule has 1 N–H and O–H groups in total. The van der Waals surface area contributed by atoms with Crippen LogP contribution in [0.15, 0.2) is 58.1 Å². The lowest BCUT2D eigenvalue weighted by Gasteiger charge is -2.12. The molecule has 0 radical (unpaired) electrons. The fourth-order valence-corrected chi connectivity index (χ4v) is 2.74. The highest BCUT2D eigenvalue weighted by atomic mass is 79.9. The van der Waals surface area contributed by atoms with Gasteiger partial charge in [-0.05, 0) is 35.1 Å². The van der Waals surface area contributed by atoms with E-state index >= 15 is 0 Å². The van der Waals surface area contributed by atoms with Crippen LogP contribution in [0.4, 0.5) is 0 Å². The molecule has 0 aliphatic heterocycles. The van der Waals surface area contributed by atoms with Crippen molar-refractivity contribution in [1.82, 2.24) is 0 Å². The van der Waals surface area contributed by atoms with Gasteiger partial charge in [-0.15, -0.1) is 0 Å². The van der Waals surface area contributed by atoms with Crippen LogP contribution in [0, 0.1) is 5.53 Å². The molecule has 1 atom stereocenters. The summed E-state index contributed by atoms with van der Waals surface area (Å²) in [4.78, 5) is 0. The lowest BCUT2D eigenvalue weighted by Crippen LogP contribution is -1.97. The highest BCUT2D eigenvalue weighted by Gasteiger charge is 2.12. The van der Waals surface area contributed by atoms with Crippen molar-refractivity contribution in [3.8, 4) is 0 Å². The van der Waals surface area contributed by atoms with E-state index in [4.69, 9.17) is 5.53 Å². The van der Waals surface area contributed by atoms with Crippen LogP contribution in [-0.2, 0) is 5.75 Å². The van der Waals surface area contributed by atoms with Crippen LogP contribution in [0.3, 0.4) is 0 Å². The first-order valence-corrected chi connectivity index (χ1v) is 8.13. The van der Waals surface area contributed by atoms with Crippen molar-refractivity contribution in [2.75, 3.05) is 6.26 Å². The minimum Gasteiger partial charge on any atom is -0.209 e. The van der Waals surface area contributed by atoms with Gasteiger partial charge in [0.1, 0.15) is 6.04 Å². The van der Waals surface area contributed by atoms with Gasteiger partial charge < -0.3 is 0 Å². The average Bonchev–Trinajstić information content (AvgIpc) is 2.44. The first kappa shape index (κ1) is 14.3. The fraction of sp³-hybridized carbons (Fsp3) is 0.200. The monoisotopic (exact) mass is 334 g/mol. The van der Waals surface area contributed by atoms with Crippen molar-refractivity contribution >= 4 is 27.7 Å². The maximum absolute atomic E-state index is 7.43. The Balaban J connectivity index is 2.26. The largest absolute Gasteiger partial charge is 0.209 e. The molecule has 0 amide bonds. The van der Waals surface area contributed by atoms with Crippen LogP contribution in [-0.4, -0.2) is 6.26 Å². The Bertz CT molecular complexity index is 537. The normalized spacial score (nSPS) is 12.1. The molecule has 0 fully saturated rings. The number of benzene rings is 2. The first-order chi connectivity index (χ1) is 9.24. The topological polar surface area (TPSA) is 36.2 Å². The van der Waals surface area contributed by atoms with Crippen molar-refractivity contribution in [3.63, 3.8) is 0 Å². The van der Waals surface area contributed by atoms with Crippen molar-refractivity contribution in [1.29, 1.82) is 5.53 Å². The maximum Gasteiger partial charge on any atom is 0.121 e. The smallest absolute Gasteiger partial charge is 0.121 e. The molecule has 2 rings (SSSR count). The van der Waals surface area contributed by atoms with Crippen LogP contribution in [0.5, 0.6) is 0 Å². The third kappa shape index (κ3) is 3.67. The second-order valence-electron chi connectivity index (χ2n) is 4.26. The van der Waals surface area contributed by atoms with Gasteiger partial charge in [-0.1, -0.05) is 52.3 Å². The van der Waals surface area contributed by atoms with Gasteiger partial charge in [0.25, 0.3) is 0 Å². The Morgan fingerprint density at radius 1 is 1.05 bits per heavy atom. The zero-order valence-electron chi connectivity index (χ0n) is 10.6. The Kier molecular flexibility index (Phi) is 5.16. The van der Waals surface area contributed by atoms with E-state index in [9.17, 15) is 0 Å². The SMILES string of the molecule is CSCc1ccc(C(N=N)c2ccc(Br)cc2)cc1. The molecule has 0 saturated carbocycles. The molecule has 1 unspecified atom stereocenters. The highest BCUT2D eigenvalue weighted by Crippen LogP contribution is 2.27. The van der Waals surface area contributed by atoms with Gasteiger partial charge in [-0.25, -0.2) is 5.53 Å². The van der Waals surface area contributed by atoms with E-state index in [0.717, 1.165) is 21.4 Å². The summed E-state index contributed by atoms with van der Waals surface area (Å²) in [5.41, 5.74) is 10.8. The molecule has 0 spiro atoms. The summed E-state index contributed by atoms with van der Waals surface area (Å²) in [6, 6.07) is 16.1. The van der Waals surface area contributed by atoms with Crippen molar-refractivity contribution in [3.05, 3.63) is 69.7 Å². The summed E-state index contributed by atoms with van der Waals surface area (Å²) in [7, 11) is 0. The van der Waals surface area contributed by atoms with Gasteiger partial charge in [0.05, 0.1) is 0 Å². The van der Waals surface area contributed by atoms with Crippen molar-refractivity contribution < 1.29 is 0 Å². The Labute approximate surface area is 126 Å². The van der Waals surface area contributed by atoms with Crippen molar-refractivity contribution in [2.45, 2.75) is 11.8 Å². The Morgan fingerprint density at radius 2 is 1.58 bits per heavy atom. The fourth-order valence-electron chi connectivity index (χ4n) is 1.95. The van der Waals surface area contributed by atoms with Crippen LogP contribution < -0.4 is 0 Å². The molecule has 0 saturated heterocycles. The number of hydrogen-bond donors (Lipinski definition) is 1. The molecular formula is C15H15BrN2S. The van der Waals surface area contributed by atoms with E-state index < -0.39 is 0 Å². The van der Waals surface area contributed by atoms with Gasteiger partial charge in [0.15, 0.2) is 0 Å². The zero-order valence-corrected chi connectivity index (χ0v) is 13.0. The molecule has 0 heterocycles. The Morgan fingerprint density at radius 3 is 2.05 bits per heavy atom. The summed E-state index contributed by atoms with van der Waals surface area (Å²) in [5.74, 6) is 1.02. The standard InChI is InChI=1S/C15H15BrN2S/c1-19-10-11-2-4-12(5-3-11)15(18-17)13-6-8-14(16)9-7-13/h2-9,15,17H,10H2,1H3. The van der Waals surface area contributed by atoms with E-state index in [2.05, 4.69) is 51.6 Å². The molecule has 4 heteroatoms. The summed E-state index contributed by atoms with van der Waals surface area (Å²) in [6.45, 7) is 0. The molecule has 19 heavy (non-hydrogen) atoms. The number of nitrogens with zero attached hydrogens (tertiary/aromatic N) is 1. The molecule has 2 aromatic carbocycles. The van der Waals surface area contributed by atoms with E-state index in [-0.39, 0.29) is 6.04 Å². The number of nitrogens with one attached hydrogen (secondary N) is 1. The number of hydrogen-bond acceptors (Lipinski definition) is 3. The van der Waals surface area contributed by atoms with Crippen LogP contribution >= 0.6 is 27.7 Å². The number of thioether (sulfide) groups is 1. The lowest BCUT2D eigenvalue weighted by molar-refractivity contribution is 0.775. The summed E-state index contributed by atoms with van der Waals surface area (Å²) < 4.78 is 1.04. The van der Waals surface area contributed by atoms with Crippen LogP contribution in [0.1, 0.15) is 22.7 Å². The minimum absolute atomic E-state index is 0.212. The van der Waals surface area contributed by atoms with Crippen molar-refractivity contribution in [2.24, 2.45) is 5.11 Å². The van der Waals surface area contributed by atoms with Crippen LogP contribution in [0.2, 0.25) is 0 Å². The molecule has 0 aliphatic carbocycles. The molecular weight excluding hydrogens is 320 g/mol. The average molecular weight is 335 g/mol. The lowest BCUT2D eigenvalue weighted by atomic mass is 9.99. The quantitative estimate of drug-likeness (QED) is 0.727. The van der Waals surface area contributed by atoms with Gasteiger partial charge in [0.2, 0.25) is 0 Å². The minimum atomic E-state index is -0.212. The number of rotatable bonds is 5. The first-order valence-electron chi connectivity index (χ1n) is 5.94.